The van der Waals surface area contributed by atoms with Crippen molar-refractivity contribution in [3.05, 3.63) is 52.0 Å². The molecule has 0 radical (unpaired) electrons. The van der Waals surface area contributed by atoms with Gasteiger partial charge in [0, 0.05) is 22.9 Å². The molecule has 2 amide bonds. The van der Waals surface area contributed by atoms with Gasteiger partial charge in [0.05, 0.1) is 23.6 Å². The molecule has 1 aromatic heterocycles. The number of hydrogen-bond acceptors (Lipinski definition) is 6. The van der Waals surface area contributed by atoms with E-state index < -0.39 is 6.04 Å². The van der Waals surface area contributed by atoms with Gasteiger partial charge in [-0.2, -0.15) is 0 Å². The van der Waals surface area contributed by atoms with Crippen molar-refractivity contribution in [3.63, 3.8) is 0 Å². The van der Waals surface area contributed by atoms with Crippen molar-refractivity contribution in [1.29, 1.82) is 0 Å². The molecule has 1 aromatic carbocycles. The lowest BCUT2D eigenvalue weighted by Crippen LogP contribution is -2.64. The second-order valence-electron chi connectivity index (χ2n) is 7.52. The summed E-state index contributed by atoms with van der Waals surface area (Å²) in [5, 5.41) is 6.51. The van der Waals surface area contributed by atoms with Gasteiger partial charge in [0.25, 0.3) is 0 Å². The van der Waals surface area contributed by atoms with Gasteiger partial charge in [-0.05, 0) is 19.4 Å². The van der Waals surface area contributed by atoms with Gasteiger partial charge < -0.3 is 21.3 Å². The number of carbonyl (C=O) groups is 2. The third-order valence-corrected chi connectivity index (χ3v) is 5.82. The Morgan fingerprint density at radius 2 is 2.07 bits per heavy atom. The van der Waals surface area contributed by atoms with Crippen LogP contribution in [0.2, 0.25) is 0 Å². The Morgan fingerprint density at radius 3 is 2.77 bits per heavy atom. The lowest BCUT2D eigenvalue weighted by atomic mass is 9.88. The summed E-state index contributed by atoms with van der Waals surface area (Å²) >= 11 is 0. The van der Waals surface area contributed by atoms with E-state index >= 15 is 0 Å². The summed E-state index contributed by atoms with van der Waals surface area (Å²) in [7, 11) is 0. The minimum atomic E-state index is -0.467. The Bertz CT molecular complexity index is 1140. The quantitative estimate of drug-likeness (QED) is 0.609. The van der Waals surface area contributed by atoms with Crippen molar-refractivity contribution < 1.29 is 9.59 Å². The highest BCUT2D eigenvalue weighted by Gasteiger charge is 2.46. The largest absolute Gasteiger partial charge is 0.383 e. The maximum atomic E-state index is 12.8. The first kappa shape index (κ1) is 19.6. The fourth-order valence-electron chi connectivity index (χ4n) is 4.27. The van der Waals surface area contributed by atoms with E-state index in [0.717, 1.165) is 16.8 Å². The fraction of sp³-hybridized carbons (Fsp3) is 0.273. The molecule has 4 N–H and O–H groups in total. The molecule has 2 aliphatic heterocycles. The van der Waals surface area contributed by atoms with Gasteiger partial charge in [-0.3, -0.25) is 14.6 Å². The summed E-state index contributed by atoms with van der Waals surface area (Å²) in [6, 6.07) is 9.50. The number of rotatable bonds is 4. The predicted molar refractivity (Wildman–Crippen MR) is 117 cm³/mol. The van der Waals surface area contributed by atoms with Crippen LogP contribution in [0, 0.1) is 6.92 Å². The highest BCUT2D eigenvalue weighted by molar-refractivity contribution is 6.10. The minimum absolute atomic E-state index is 0.0676. The fourth-order valence-corrected chi connectivity index (χ4v) is 4.27. The summed E-state index contributed by atoms with van der Waals surface area (Å²) < 4.78 is 0. The third-order valence-electron chi connectivity index (χ3n) is 5.82. The number of amidine groups is 1. The van der Waals surface area contributed by atoms with Gasteiger partial charge >= 0.3 is 0 Å². The zero-order valence-electron chi connectivity index (χ0n) is 16.9. The number of aliphatic imine (C=N–C) groups is 1. The van der Waals surface area contributed by atoms with Crippen molar-refractivity contribution >= 4 is 42.4 Å². The Kier molecular flexibility index (Phi) is 4.99. The monoisotopic (exact) mass is 404 g/mol. The molecule has 4 rings (SSSR count). The lowest BCUT2D eigenvalue weighted by molar-refractivity contribution is -0.121. The highest BCUT2D eigenvalue weighted by Crippen LogP contribution is 2.36. The number of pyridine rings is 1. The number of anilines is 2. The number of carbonyl (C=O) groups excluding carboxylic acids is 2. The average Bonchev–Trinajstić information content (AvgIpc) is 3.16. The summed E-state index contributed by atoms with van der Waals surface area (Å²) in [5.41, 5.74) is 8.83. The van der Waals surface area contributed by atoms with Crippen LogP contribution in [0.15, 0.2) is 35.3 Å². The van der Waals surface area contributed by atoms with E-state index in [1.54, 1.807) is 0 Å². The molecule has 0 bridgehead atoms. The normalized spacial score (nSPS) is 23.6. The first-order chi connectivity index (χ1) is 14.4. The van der Waals surface area contributed by atoms with E-state index in [-0.39, 0.29) is 17.9 Å². The zero-order chi connectivity index (χ0) is 21.4. The van der Waals surface area contributed by atoms with Crippen LogP contribution in [0.5, 0.6) is 0 Å². The molecule has 3 heterocycles. The van der Waals surface area contributed by atoms with Crippen molar-refractivity contribution in [3.8, 4) is 0 Å². The van der Waals surface area contributed by atoms with Gasteiger partial charge in [-0.15, -0.1) is 0 Å². The Morgan fingerprint density at radius 1 is 1.33 bits per heavy atom. The second-order valence-corrected chi connectivity index (χ2v) is 7.52. The van der Waals surface area contributed by atoms with Gasteiger partial charge in [0.1, 0.15) is 17.7 Å². The molecule has 154 valence electrons. The zero-order valence-corrected chi connectivity index (χ0v) is 16.9. The van der Waals surface area contributed by atoms with Gasteiger partial charge in [0.15, 0.2) is 0 Å². The van der Waals surface area contributed by atoms with Crippen molar-refractivity contribution in [1.82, 2.24) is 15.6 Å². The molecule has 0 spiro atoms. The molecular weight excluding hydrogens is 380 g/mol. The summed E-state index contributed by atoms with van der Waals surface area (Å²) in [6.07, 6.45) is 2.02. The number of nitrogens with one attached hydrogen (secondary N) is 2. The van der Waals surface area contributed by atoms with Crippen LogP contribution in [-0.4, -0.2) is 41.8 Å². The molecule has 1 fully saturated rings. The van der Waals surface area contributed by atoms with E-state index in [1.807, 2.05) is 32.0 Å². The molecule has 3 atom stereocenters. The van der Waals surface area contributed by atoms with Crippen LogP contribution in [-0.2, 0) is 9.59 Å². The average molecular weight is 404 g/mol. The summed E-state index contributed by atoms with van der Waals surface area (Å²) in [5.74, 6) is 0.905. The Labute approximate surface area is 174 Å². The van der Waals surface area contributed by atoms with Gasteiger partial charge in [0.2, 0.25) is 12.3 Å². The van der Waals surface area contributed by atoms with E-state index in [0.29, 0.717) is 35.2 Å². The summed E-state index contributed by atoms with van der Waals surface area (Å²) in [6.45, 7) is 8.50. The molecule has 2 aromatic rings. The van der Waals surface area contributed by atoms with Crippen molar-refractivity contribution in [2.45, 2.75) is 31.8 Å². The first-order valence-corrected chi connectivity index (χ1v) is 9.77. The van der Waals surface area contributed by atoms with Crippen LogP contribution in [0.4, 0.5) is 11.5 Å². The molecular formula is C22H24N6O2. The van der Waals surface area contributed by atoms with E-state index in [2.05, 4.69) is 44.2 Å². The number of nitrogens with zero attached hydrogens (tertiary/aromatic N) is 3. The summed E-state index contributed by atoms with van der Waals surface area (Å²) in [4.78, 5) is 34.6. The number of nitrogens with two attached hydrogens (primary N) is 1. The van der Waals surface area contributed by atoms with Crippen LogP contribution in [0.1, 0.15) is 24.0 Å². The Hall–Kier alpha value is -3.68. The third kappa shape index (κ3) is 3.10. The molecule has 3 unspecified atom stereocenters. The van der Waals surface area contributed by atoms with Crippen LogP contribution in [0.25, 0.3) is 12.8 Å². The first-order valence-electron chi connectivity index (χ1n) is 9.77. The maximum absolute atomic E-state index is 12.8. The van der Waals surface area contributed by atoms with E-state index in [4.69, 9.17) is 5.73 Å². The standard InChI is InChI=1S/C22H24N6O2/c1-12-17(10-24-11-29)26-20(23)13(2)18(12)28-14(3)22(30)27-21-19(28)16(9-25-21)15-7-5-4-6-8-15/h4-8,10-11,14,16,19H,1,9H2,2-3H3,(H2,23,26)(H,24,29)(H,25,27,30). The van der Waals surface area contributed by atoms with Crippen molar-refractivity contribution in [2.24, 2.45) is 4.99 Å². The van der Waals surface area contributed by atoms with Crippen molar-refractivity contribution in [2.75, 3.05) is 17.2 Å². The highest BCUT2D eigenvalue weighted by atomic mass is 16.2. The number of benzene rings is 1. The molecule has 0 aliphatic carbocycles. The number of nitrogen functional groups attached to an aromatic ring is 1. The molecule has 2 aliphatic rings. The Balaban J connectivity index is 1.92. The number of fused-ring (bicyclic) bond motifs is 1. The van der Waals surface area contributed by atoms with Gasteiger partial charge in [-0.25, -0.2) is 4.98 Å². The second kappa shape index (κ2) is 7.62. The van der Waals surface area contributed by atoms with E-state index in [9.17, 15) is 9.59 Å². The SMILES string of the molecule is C=c1c(N2C(C)C(=O)NC3=NCC(c4ccccc4)C32)c(C)c(N)nc1=CNC=O. The van der Waals surface area contributed by atoms with Crippen LogP contribution in [0.3, 0.4) is 0 Å². The molecule has 0 saturated carbocycles. The maximum Gasteiger partial charge on any atom is 0.247 e. The number of hydrogen-bond donors (Lipinski definition) is 3. The molecule has 30 heavy (non-hydrogen) atoms. The molecule has 8 heteroatoms. The number of piperazine rings is 1. The topological polar surface area (TPSA) is 113 Å². The lowest BCUT2D eigenvalue weighted by Gasteiger charge is -2.43. The molecule has 1 saturated heterocycles. The van der Waals surface area contributed by atoms with Crippen LogP contribution >= 0.6 is 0 Å². The van der Waals surface area contributed by atoms with Gasteiger partial charge in [-0.1, -0.05) is 36.9 Å². The van der Waals surface area contributed by atoms with Crippen LogP contribution < -0.4 is 31.8 Å². The predicted octanol–water partition coefficient (Wildman–Crippen LogP) is -0.244. The minimum Gasteiger partial charge on any atom is -0.383 e. The number of amides is 2. The molecule has 8 nitrogen and oxygen atoms in total. The smallest absolute Gasteiger partial charge is 0.247 e. The number of aromatic nitrogens is 1. The van der Waals surface area contributed by atoms with E-state index in [1.165, 1.54) is 6.20 Å².